The van der Waals surface area contributed by atoms with Crippen molar-refractivity contribution in [1.29, 1.82) is 0 Å². The lowest BCUT2D eigenvalue weighted by atomic mass is 10.1. The molecule has 1 aliphatic rings. The third kappa shape index (κ3) is 5.96. The summed E-state index contributed by atoms with van der Waals surface area (Å²) in [5.74, 6) is -0.717. The number of amides is 1. The number of aliphatic carboxylic acids is 1. The van der Waals surface area contributed by atoms with Gasteiger partial charge in [0.25, 0.3) is 0 Å². The van der Waals surface area contributed by atoms with Crippen molar-refractivity contribution in [1.82, 2.24) is 5.32 Å². The Balaban J connectivity index is 2.07. The summed E-state index contributed by atoms with van der Waals surface area (Å²) in [5, 5.41) is 12.2. The molecule has 0 spiro atoms. The predicted molar refractivity (Wildman–Crippen MR) is 69.2 cm³/mol. The number of carbonyl (C=O) groups is 2. The molecule has 0 aromatic rings. The molecule has 0 radical (unpaired) electrons. The molecule has 1 aliphatic carbocycles. The summed E-state index contributed by atoms with van der Waals surface area (Å²) in [6.07, 6.45) is 7.30. The molecule has 2 N–H and O–H groups in total. The maximum atomic E-state index is 11.6. The summed E-state index contributed by atoms with van der Waals surface area (Å²) < 4.78 is 0. The summed E-state index contributed by atoms with van der Waals surface area (Å²) in [6.45, 7) is 0. The van der Waals surface area contributed by atoms with Crippen molar-refractivity contribution in [2.45, 2.75) is 56.2 Å². The Hall–Kier alpha value is -0.710. The van der Waals surface area contributed by atoms with Gasteiger partial charge in [-0.1, -0.05) is 0 Å². The first kappa shape index (κ1) is 14.4. The average molecular weight is 259 g/mol. The lowest BCUT2D eigenvalue weighted by Crippen LogP contribution is -2.32. The first-order valence-corrected chi connectivity index (χ1v) is 7.44. The standard InChI is InChI=1S/C12H21NO3S/c1-17-10-7-6-9(8-10)13-11(14)4-2-3-5-12(15)16/h9-10H,2-8H2,1H3,(H,13,14)(H,15,16). The Kier molecular flexibility index (Phi) is 6.40. The Bertz CT molecular complexity index is 270. The molecule has 1 fully saturated rings. The summed E-state index contributed by atoms with van der Waals surface area (Å²) in [4.78, 5) is 21.9. The van der Waals surface area contributed by atoms with Crippen LogP contribution in [0.5, 0.6) is 0 Å². The van der Waals surface area contributed by atoms with Crippen LogP contribution in [0.3, 0.4) is 0 Å². The van der Waals surface area contributed by atoms with Crippen LogP contribution in [0.2, 0.25) is 0 Å². The van der Waals surface area contributed by atoms with E-state index in [0.717, 1.165) is 12.8 Å². The van der Waals surface area contributed by atoms with Gasteiger partial charge in [0.15, 0.2) is 0 Å². The molecule has 0 bridgehead atoms. The van der Waals surface area contributed by atoms with E-state index in [4.69, 9.17) is 5.11 Å². The van der Waals surface area contributed by atoms with Crippen LogP contribution in [0.4, 0.5) is 0 Å². The lowest BCUT2D eigenvalue weighted by molar-refractivity contribution is -0.137. The second-order valence-electron chi connectivity index (χ2n) is 4.54. The Morgan fingerprint density at radius 2 is 2.00 bits per heavy atom. The molecule has 5 heteroatoms. The zero-order valence-corrected chi connectivity index (χ0v) is 11.1. The molecule has 0 aromatic heterocycles. The van der Waals surface area contributed by atoms with Gasteiger partial charge in [0.05, 0.1) is 0 Å². The molecule has 1 saturated carbocycles. The summed E-state index contributed by atoms with van der Waals surface area (Å²) in [7, 11) is 0. The summed E-state index contributed by atoms with van der Waals surface area (Å²) in [6, 6.07) is 0.333. The number of thioether (sulfide) groups is 1. The number of carbonyl (C=O) groups excluding carboxylic acids is 1. The molecular weight excluding hydrogens is 238 g/mol. The number of nitrogens with one attached hydrogen (secondary N) is 1. The van der Waals surface area contributed by atoms with Crippen LogP contribution in [0.15, 0.2) is 0 Å². The minimum Gasteiger partial charge on any atom is -0.481 e. The molecule has 1 amide bonds. The van der Waals surface area contributed by atoms with Gasteiger partial charge in [-0.2, -0.15) is 11.8 Å². The van der Waals surface area contributed by atoms with E-state index in [2.05, 4.69) is 11.6 Å². The van der Waals surface area contributed by atoms with Gasteiger partial charge in [-0.3, -0.25) is 9.59 Å². The number of hydrogen-bond donors (Lipinski definition) is 2. The molecule has 0 aromatic carbocycles. The van der Waals surface area contributed by atoms with Gasteiger partial charge in [-0.15, -0.1) is 0 Å². The van der Waals surface area contributed by atoms with Crippen LogP contribution in [0.25, 0.3) is 0 Å². The molecule has 4 nitrogen and oxygen atoms in total. The van der Waals surface area contributed by atoms with E-state index < -0.39 is 5.97 Å². The topological polar surface area (TPSA) is 66.4 Å². The van der Waals surface area contributed by atoms with E-state index in [1.165, 1.54) is 6.42 Å². The van der Waals surface area contributed by atoms with Crippen LogP contribution in [0, 0.1) is 0 Å². The molecule has 0 aliphatic heterocycles. The van der Waals surface area contributed by atoms with Crippen molar-refractivity contribution < 1.29 is 14.7 Å². The zero-order chi connectivity index (χ0) is 12.7. The maximum absolute atomic E-state index is 11.6. The van der Waals surface area contributed by atoms with E-state index >= 15 is 0 Å². The lowest BCUT2D eigenvalue weighted by Gasteiger charge is -2.12. The van der Waals surface area contributed by atoms with Crippen molar-refractivity contribution in [3.8, 4) is 0 Å². The molecule has 0 saturated heterocycles. The van der Waals surface area contributed by atoms with Gasteiger partial charge in [0.1, 0.15) is 0 Å². The van der Waals surface area contributed by atoms with E-state index in [1.54, 1.807) is 0 Å². The zero-order valence-electron chi connectivity index (χ0n) is 10.3. The third-order valence-corrected chi connectivity index (χ3v) is 4.22. The van der Waals surface area contributed by atoms with E-state index in [0.29, 0.717) is 30.6 Å². The van der Waals surface area contributed by atoms with Gasteiger partial charge in [-0.25, -0.2) is 0 Å². The molecule has 98 valence electrons. The fourth-order valence-electron chi connectivity index (χ4n) is 2.15. The molecule has 2 unspecified atom stereocenters. The van der Waals surface area contributed by atoms with Crippen LogP contribution >= 0.6 is 11.8 Å². The van der Waals surface area contributed by atoms with E-state index in [9.17, 15) is 9.59 Å². The molecule has 0 heterocycles. The SMILES string of the molecule is CSC1CCC(NC(=O)CCCCC(=O)O)C1. The van der Waals surface area contributed by atoms with Crippen molar-refractivity contribution in [2.24, 2.45) is 0 Å². The Morgan fingerprint density at radius 3 is 2.59 bits per heavy atom. The van der Waals surface area contributed by atoms with Gasteiger partial charge in [0.2, 0.25) is 5.91 Å². The maximum Gasteiger partial charge on any atom is 0.303 e. The monoisotopic (exact) mass is 259 g/mol. The van der Waals surface area contributed by atoms with Crippen molar-refractivity contribution in [3.05, 3.63) is 0 Å². The minimum absolute atomic E-state index is 0.0714. The smallest absolute Gasteiger partial charge is 0.303 e. The molecule has 1 rings (SSSR count). The van der Waals surface area contributed by atoms with Crippen molar-refractivity contribution in [2.75, 3.05) is 6.26 Å². The highest BCUT2D eigenvalue weighted by molar-refractivity contribution is 7.99. The Morgan fingerprint density at radius 1 is 1.29 bits per heavy atom. The van der Waals surface area contributed by atoms with Gasteiger partial charge in [-0.05, 0) is 38.4 Å². The second-order valence-corrected chi connectivity index (χ2v) is 5.67. The largest absolute Gasteiger partial charge is 0.481 e. The van der Waals surface area contributed by atoms with Gasteiger partial charge >= 0.3 is 5.97 Å². The third-order valence-electron chi connectivity index (χ3n) is 3.13. The predicted octanol–water partition coefficient (Wildman–Crippen LogP) is 2.03. The number of carboxylic acid groups (broad SMARTS) is 1. The highest BCUT2D eigenvalue weighted by Gasteiger charge is 2.24. The number of carboxylic acids is 1. The van der Waals surface area contributed by atoms with Crippen LogP contribution < -0.4 is 5.32 Å². The van der Waals surface area contributed by atoms with Gasteiger partial charge < -0.3 is 10.4 Å². The van der Waals surface area contributed by atoms with Crippen molar-refractivity contribution >= 4 is 23.6 Å². The fraction of sp³-hybridized carbons (Fsp3) is 0.833. The Labute approximate surface area is 107 Å². The fourth-order valence-corrected chi connectivity index (χ4v) is 2.94. The number of unbranched alkanes of at least 4 members (excludes halogenated alkanes) is 1. The highest BCUT2D eigenvalue weighted by Crippen LogP contribution is 2.28. The summed E-state index contributed by atoms with van der Waals surface area (Å²) in [5.41, 5.74) is 0. The molecule has 17 heavy (non-hydrogen) atoms. The van der Waals surface area contributed by atoms with Crippen LogP contribution in [0.1, 0.15) is 44.9 Å². The van der Waals surface area contributed by atoms with Crippen LogP contribution in [-0.4, -0.2) is 34.5 Å². The minimum atomic E-state index is -0.788. The number of rotatable bonds is 7. The number of hydrogen-bond acceptors (Lipinski definition) is 3. The normalized spacial score (nSPS) is 23.6. The second kappa shape index (κ2) is 7.58. The molecule has 2 atom stereocenters. The first-order chi connectivity index (χ1) is 8.11. The van der Waals surface area contributed by atoms with Gasteiger partial charge in [0, 0.05) is 24.1 Å². The van der Waals surface area contributed by atoms with E-state index in [-0.39, 0.29) is 12.3 Å². The summed E-state index contributed by atoms with van der Waals surface area (Å²) >= 11 is 1.87. The van der Waals surface area contributed by atoms with E-state index in [1.807, 2.05) is 11.8 Å². The van der Waals surface area contributed by atoms with Crippen LogP contribution in [-0.2, 0) is 9.59 Å². The average Bonchev–Trinajstić information content (AvgIpc) is 2.72. The molecular formula is C12H21NO3S. The quantitative estimate of drug-likeness (QED) is 0.687. The first-order valence-electron chi connectivity index (χ1n) is 6.15. The van der Waals surface area contributed by atoms with Crippen molar-refractivity contribution in [3.63, 3.8) is 0 Å². The highest BCUT2D eigenvalue weighted by atomic mass is 32.2.